The number of nitrogens with zero attached hydrogens (tertiary/aromatic N) is 3. The lowest BCUT2D eigenvalue weighted by Crippen LogP contribution is -2.19. The Labute approximate surface area is 173 Å². The molecule has 0 aliphatic carbocycles. The van der Waals surface area contributed by atoms with E-state index in [2.05, 4.69) is 20.7 Å². The third-order valence-electron chi connectivity index (χ3n) is 4.52. The van der Waals surface area contributed by atoms with Crippen molar-refractivity contribution in [1.29, 1.82) is 0 Å². The fraction of sp³-hybridized carbons (Fsp3) is 0.136. The van der Waals surface area contributed by atoms with Crippen LogP contribution in [0, 0.1) is 6.92 Å². The van der Waals surface area contributed by atoms with Crippen LogP contribution in [0.4, 0.5) is 16.2 Å². The van der Waals surface area contributed by atoms with E-state index in [1.165, 1.54) is 0 Å². The summed E-state index contributed by atoms with van der Waals surface area (Å²) in [7, 11) is 3.13. The quantitative estimate of drug-likeness (QED) is 0.517. The number of aryl methyl sites for hydroxylation is 1. The predicted octanol–water partition coefficient (Wildman–Crippen LogP) is 4.37. The molecule has 0 saturated carbocycles. The normalized spacial score (nSPS) is 10.6. The fourth-order valence-electron chi connectivity index (χ4n) is 3.07. The summed E-state index contributed by atoms with van der Waals surface area (Å²) in [5, 5.41) is 9.99. The van der Waals surface area contributed by atoms with Gasteiger partial charge in [0.2, 0.25) is 5.88 Å². The number of hydrogen-bond donors (Lipinski definition) is 2. The number of nitrogens with one attached hydrogen (secondary N) is 2. The van der Waals surface area contributed by atoms with Crippen molar-refractivity contribution in [3.63, 3.8) is 0 Å². The van der Waals surface area contributed by atoms with Crippen LogP contribution in [0.25, 0.3) is 16.9 Å². The van der Waals surface area contributed by atoms with E-state index >= 15 is 0 Å². The maximum absolute atomic E-state index is 12.5. The van der Waals surface area contributed by atoms with Gasteiger partial charge in [0.05, 0.1) is 31.8 Å². The molecular formula is C22H21N5O3. The number of amides is 2. The highest BCUT2D eigenvalue weighted by Gasteiger charge is 2.10. The van der Waals surface area contributed by atoms with E-state index < -0.39 is 0 Å². The topological polar surface area (TPSA) is 89.8 Å². The molecule has 30 heavy (non-hydrogen) atoms. The van der Waals surface area contributed by atoms with Crippen molar-refractivity contribution >= 4 is 23.1 Å². The molecule has 152 valence electrons. The van der Waals surface area contributed by atoms with Gasteiger partial charge in [-0.3, -0.25) is 0 Å². The highest BCUT2D eigenvalue weighted by Crippen LogP contribution is 2.26. The highest BCUT2D eigenvalue weighted by atomic mass is 16.5. The number of rotatable bonds is 5. The van der Waals surface area contributed by atoms with Crippen molar-refractivity contribution in [3.05, 3.63) is 66.4 Å². The lowest BCUT2D eigenvalue weighted by Gasteiger charge is -2.12. The van der Waals surface area contributed by atoms with Crippen molar-refractivity contribution in [3.8, 4) is 22.9 Å². The van der Waals surface area contributed by atoms with Crippen LogP contribution in [-0.2, 0) is 0 Å². The van der Waals surface area contributed by atoms with Crippen molar-refractivity contribution in [1.82, 2.24) is 14.6 Å². The van der Waals surface area contributed by atoms with Gasteiger partial charge < -0.3 is 20.1 Å². The van der Waals surface area contributed by atoms with E-state index in [0.717, 1.165) is 16.8 Å². The van der Waals surface area contributed by atoms with E-state index in [0.29, 0.717) is 28.7 Å². The molecule has 8 nitrogen and oxygen atoms in total. The summed E-state index contributed by atoms with van der Waals surface area (Å²) in [5.74, 6) is 1.10. The van der Waals surface area contributed by atoms with Gasteiger partial charge in [-0.2, -0.15) is 0 Å². The Morgan fingerprint density at radius 3 is 2.67 bits per heavy atom. The average Bonchev–Trinajstić information content (AvgIpc) is 3.17. The predicted molar refractivity (Wildman–Crippen MR) is 115 cm³/mol. The first kappa shape index (κ1) is 19.3. The van der Waals surface area contributed by atoms with Crippen LogP contribution in [0.15, 0.2) is 60.8 Å². The second-order valence-corrected chi connectivity index (χ2v) is 6.67. The lowest BCUT2D eigenvalue weighted by molar-refractivity contribution is 0.262. The minimum Gasteiger partial charge on any atom is -0.495 e. The van der Waals surface area contributed by atoms with E-state index in [-0.39, 0.29) is 6.03 Å². The Morgan fingerprint density at radius 2 is 1.87 bits per heavy atom. The molecule has 2 aromatic heterocycles. The van der Waals surface area contributed by atoms with Gasteiger partial charge in [-0.05, 0) is 42.8 Å². The monoisotopic (exact) mass is 403 g/mol. The molecule has 0 fully saturated rings. The molecule has 0 atom stereocenters. The van der Waals surface area contributed by atoms with Gasteiger partial charge in [0.15, 0.2) is 5.65 Å². The van der Waals surface area contributed by atoms with Gasteiger partial charge >= 0.3 is 6.03 Å². The number of anilines is 2. The van der Waals surface area contributed by atoms with Gasteiger partial charge in [0, 0.05) is 17.3 Å². The lowest BCUT2D eigenvalue weighted by atomic mass is 10.1. The smallest absolute Gasteiger partial charge is 0.323 e. The van der Waals surface area contributed by atoms with Crippen LogP contribution < -0.4 is 20.1 Å². The van der Waals surface area contributed by atoms with Crippen LogP contribution in [0.5, 0.6) is 11.6 Å². The summed E-state index contributed by atoms with van der Waals surface area (Å²) in [6.45, 7) is 1.95. The van der Waals surface area contributed by atoms with E-state index in [9.17, 15) is 4.79 Å². The molecule has 0 aliphatic rings. The zero-order chi connectivity index (χ0) is 21.1. The third-order valence-corrected chi connectivity index (χ3v) is 4.52. The van der Waals surface area contributed by atoms with Crippen LogP contribution in [0.2, 0.25) is 0 Å². The minimum atomic E-state index is -0.363. The zero-order valence-electron chi connectivity index (χ0n) is 16.8. The van der Waals surface area contributed by atoms with E-state index in [1.807, 2.05) is 61.7 Å². The first-order chi connectivity index (χ1) is 14.6. The molecule has 0 saturated heterocycles. The van der Waals surface area contributed by atoms with Gasteiger partial charge in [-0.1, -0.05) is 18.2 Å². The number of hydrogen-bond acceptors (Lipinski definition) is 5. The van der Waals surface area contributed by atoms with Gasteiger partial charge in [-0.15, -0.1) is 5.10 Å². The molecule has 0 radical (unpaired) electrons. The number of urea groups is 1. The minimum absolute atomic E-state index is 0.363. The summed E-state index contributed by atoms with van der Waals surface area (Å²) >= 11 is 0. The van der Waals surface area contributed by atoms with Crippen LogP contribution in [-0.4, -0.2) is 34.8 Å². The van der Waals surface area contributed by atoms with Crippen LogP contribution >= 0.6 is 0 Å². The average molecular weight is 403 g/mol. The number of aromatic nitrogens is 3. The van der Waals surface area contributed by atoms with Crippen molar-refractivity contribution in [2.75, 3.05) is 24.9 Å². The number of ether oxygens (including phenoxy) is 2. The van der Waals surface area contributed by atoms with Crippen molar-refractivity contribution in [2.45, 2.75) is 6.92 Å². The summed E-state index contributed by atoms with van der Waals surface area (Å²) < 4.78 is 12.1. The highest BCUT2D eigenvalue weighted by molar-refractivity contribution is 6.01. The Balaban J connectivity index is 1.54. The molecule has 8 heteroatoms. The number of imidazole rings is 1. The van der Waals surface area contributed by atoms with Crippen LogP contribution in [0.3, 0.4) is 0 Å². The zero-order valence-corrected chi connectivity index (χ0v) is 16.8. The molecule has 0 bridgehead atoms. The molecule has 2 amide bonds. The fourth-order valence-corrected chi connectivity index (χ4v) is 3.07. The van der Waals surface area contributed by atoms with Crippen molar-refractivity contribution in [2.24, 2.45) is 0 Å². The maximum Gasteiger partial charge on any atom is 0.323 e. The van der Waals surface area contributed by atoms with Crippen LogP contribution in [0.1, 0.15) is 5.56 Å². The summed E-state index contributed by atoms with van der Waals surface area (Å²) in [6, 6.07) is 16.3. The number of methoxy groups -OCH3 is 2. The molecule has 4 rings (SSSR count). The molecule has 2 heterocycles. The molecule has 4 aromatic rings. The Bertz CT molecular complexity index is 1220. The number of benzene rings is 2. The number of fused-ring (bicyclic) bond motifs is 1. The second-order valence-electron chi connectivity index (χ2n) is 6.67. The Kier molecular flexibility index (Phi) is 5.21. The number of carbonyl (C=O) groups excluding carboxylic acids is 1. The first-order valence-electron chi connectivity index (χ1n) is 9.29. The molecule has 2 aromatic carbocycles. The summed E-state index contributed by atoms with van der Waals surface area (Å²) in [5.41, 5.74) is 4.55. The molecule has 2 N–H and O–H groups in total. The van der Waals surface area contributed by atoms with Gasteiger partial charge in [-0.25, -0.2) is 14.3 Å². The largest absolute Gasteiger partial charge is 0.495 e. The molecule has 0 aliphatic heterocycles. The van der Waals surface area contributed by atoms with Gasteiger partial charge in [0.1, 0.15) is 5.75 Å². The maximum atomic E-state index is 12.5. The molecule has 0 unspecified atom stereocenters. The summed E-state index contributed by atoms with van der Waals surface area (Å²) in [6.07, 6.45) is 1.81. The Morgan fingerprint density at radius 1 is 1.00 bits per heavy atom. The second kappa shape index (κ2) is 8.12. The van der Waals surface area contributed by atoms with E-state index in [4.69, 9.17) is 9.47 Å². The number of carbonyl (C=O) groups is 1. The first-order valence-corrected chi connectivity index (χ1v) is 9.29. The summed E-state index contributed by atoms with van der Waals surface area (Å²) in [4.78, 5) is 17.1. The molecule has 0 spiro atoms. The van der Waals surface area contributed by atoms with E-state index in [1.54, 1.807) is 24.8 Å². The van der Waals surface area contributed by atoms with Crippen molar-refractivity contribution < 1.29 is 14.3 Å². The Hall–Kier alpha value is -4.07. The molecular weight excluding hydrogens is 382 g/mol. The standard InChI is InChI=1S/C22H21N5O3/c1-14-7-8-19(29-2)17(11-14)25-22(28)23-16-6-4-5-15(12-16)18-13-27-20(24-18)9-10-21(26-27)30-3/h4-13H,1-3H3,(H2,23,25,28). The van der Waals surface area contributed by atoms with Gasteiger partial charge in [0.25, 0.3) is 0 Å². The third kappa shape index (κ3) is 4.02. The SMILES string of the molecule is COc1ccc2nc(-c3cccc(NC(=O)Nc4cc(C)ccc4OC)c3)cn2n1.